The monoisotopic (exact) mass is 269 g/mol. The van der Waals surface area contributed by atoms with Gasteiger partial charge in [-0.25, -0.2) is 4.79 Å². The van der Waals surface area contributed by atoms with Crippen LogP contribution in [0.3, 0.4) is 0 Å². The summed E-state index contributed by atoms with van der Waals surface area (Å²) in [5.41, 5.74) is 0.330. The van der Waals surface area contributed by atoms with Gasteiger partial charge in [0.05, 0.1) is 25.0 Å². The van der Waals surface area contributed by atoms with Gasteiger partial charge in [-0.2, -0.15) is 0 Å². The number of methoxy groups -OCH3 is 1. The second-order valence-corrected chi connectivity index (χ2v) is 4.19. The van der Waals surface area contributed by atoms with Crippen LogP contribution in [-0.2, 0) is 9.47 Å². The van der Waals surface area contributed by atoms with Crippen molar-refractivity contribution in [1.82, 2.24) is 4.98 Å². The molecule has 0 spiro atoms. The van der Waals surface area contributed by atoms with Crippen molar-refractivity contribution in [2.24, 2.45) is 0 Å². The van der Waals surface area contributed by atoms with Gasteiger partial charge >= 0.3 is 5.97 Å². The number of carbonyl (C=O) groups excluding carboxylic acids is 1. The average molecular weight is 269 g/mol. The van der Waals surface area contributed by atoms with Crippen LogP contribution in [0.2, 0.25) is 0 Å². The lowest BCUT2D eigenvalue weighted by molar-refractivity contribution is -0.0242. The van der Waals surface area contributed by atoms with Gasteiger partial charge in [0.1, 0.15) is 24.4 Å². The van der Waals surface area contributed by atoms with Crippen LogP contribution in [-0.4, -0.2) is 58.3 Å². The van der Waals surface area contributed by atoms with Crippen molar-refractivity contribution in [3.05, 3.63) is 29.6 Å². The van der Waals surface area contributed by atoms with Crippen LogP contribution in [0.5, 0.6) is 0 Å². The fraction of sp³-hybridized carbons (Fsp3) is 0.500. The number of hydrogen-bond acceptors (Lipinski definition) is 7. The number of aliphatic hydroxyl groups excluding tert-OH is 3. The lowest BCUT2D eigenvalue weighted by atomic mass is 10.0. The van der Waals surface area contributed by atoms with Crippen molar-refractivity contribution in [2.45, 2.75) is 24.4 Å². The van der Waals surface area contributed by atoms with Crippen LogP contribution < -0.4 is 0 Å². The van der Waals surface area contributed by atoms with Crippen LogP contribution in [0, 0.1) is 0 Å². The average Bonchev–Trinajstić information content (AvgIpc) is 2.74. The lowest BCUT2D eigenvalue weighted by Crippen LogP contribution is -2.32. The van der Waals surface area contributed by atoms with E-state index in [9.17, 15) is 15.0 Å². The van der Waals surface area contributed by atoms with E-state index >= 15 is 0 Å². The van der Waals surface area contributed by atoms with Gasteiger partial charge in [-0.05, 0) is 12.1 Å². The quantitative estimate of drug-likeness (QED) is 0.605. The molecule has 1 aliphatic rings. The molecule has 104 valence electrons. The molecule has 7 heteroatoms. The fourth-order valence-corrected chi connectivity index (χ4v) is 2.05. The summed E-state index contributed by atoms with van der Waals surface area (Å²) in [6.07, 6.45) is -2.95. The number of aromatic nitrogens is 1. The maximum absolute atomic E-state index is 11.6. The van der Waals surface area contributed by atoms with E-state index in [1.807, 2.05) is 0 Å². The van der Waals surface area contributed by atoms with Gasteiger partial charge in [-0.1, -0.05) is 0 Å². The minimum absolute atomic E-state index is 0.153. The molecule has 0 aromatic carbocycles. The lowest BCUT2D eigenvalue weighted by Gasteiger charge is -2.16. The first-order chi connectivity index (χ1) is 9.10. The molecule has 0 aliphatic carbocycles. The molecule has 1 aromatic rings. The third kappa shape index (κ3) is 2.45. The van der Waals surface area contributed by atoms with Gasteiger partial charge in [0.25, 0.3) is 0 Å². The zero-order valence-electron chi connectivity index (χ0n) is 10.3. The number of esters is 1. The molecule has 0 bridgehead atoms. The molecule has 0 radical (unpaired) electrons. The Morgan fingerprint density at radius 2 is 2.21 bits per heavy atom. The Balaban J connectivity index is 2.35. The van der Waals surface area contributed by atoms with E-state index < -0.39 is 37.0 Å². The van der Waals surface area contributed by atoms with Gasteiger partial charge in [-0.15, -0.1) is 0 Å². The molecule has 4 atom stereocenters. The first kappa shape index (κ1) is 13.9. The van der Waals surface area contributed by atoms with E-state index in [0.29, 0.717) is 0 Å². The first-order valence-electron chi connectivity index (χ1n) is 5.75. The zero-order valence-corrected chi connectivity index (χ0v) is 10.3. The summed E-state index contributed by atoms with van der Waals surface area (Å²) < 4.78 is 9.96. The molecule has 2 rings (SSSR count). The number of pyridine rings is 1. The molecule has 0 amide bonds. The molecular weight excluding hydrogens is 254 g/mol. The summed E-state index contributed by atoms with van der Waals surface area (Å²) in [5, 5.41) is 28.6. The SMILES string of the molecule is COC(=O)c1cccnc1[C@@H]1O[C@H](CO)[C@@H](O)[C@H]1O. The number of carbonyl (C=O) groups is 1. The van der Waals surface area contributed by atoms with Gasteiger partial charge in [0, 0.05) is 6.20 Å². The van der Waals surface area contributed by atoms with E-state index in [0.717, 1.165) is 0 Å². The van der Waals surface area contributed by atoms with Gasteiger partial charge in [0.15, 0.2) is 0 Å². The highest BCUT2D eigenvalue weighted by molar-refractivity contribution is 5.90. The number of hydrogen-bond donors (Lipinski definition) is 3. The van der Waals surface area contributed by atoms with Gasteiger partial charge in [-0.3, -0.25) is 4.98 Å². The molecule has 3 N–H and O–H groups in total. The zero-order chi connectivity index (χ0) is 14.0. The standard InChI is InChI=1S/C12H15NO6/c1-18-12(17)6-3-2-4-13-8(6)11-10(16)9(15)7(5-14)19-11/h2-4,7,9-11,14-16H,5H2,1H3/t7-,9-,10-,11+/m1/s1. The summed E-state index contributed by atoms with van der Waals surface area (Å²) in [6, 6.07) is 3.04. The van der Waals surface area contributed by atoms with Gasteiger partial charge < -0.3 is 24.8 Å². The van der Waals surface area contributed by atoms with E-state index in [4.69, 9.17) is 9.84 Å². The van der Waals surface area contributed by atoms with Crippen molar-refractivity contribution in [3.63, 3.8) is 0 Å². The Labute approximate surface area is 109 Å². The van der Waals surface area contributed by atoms with Crippen LogP contribution in [0.1, 0.15) is 22.2 Å². The Bertz CT molecular complexity index is 465. The normalized spacial score (nSPS) is 30.3. The van der Waals surface area contributed by atoms with Crippen molar-refractivity contribution in [3.8, 4) is 0 Å². The highest BCUT2D eigenvalue weighted by atomic mass is 16.6. The topological polar surface area (TPSA) is 109 Å². The van der Waals surface area contributed by atoms with Crippen LogP contribution in [0.25, 0.3) is 0 Å². The number of aliphatic hydroxyl groups is 3. The Morgan fingerprint density at radius 3 is 2.79 bits per heavy atom. The maximum Gasteiger partial charge on any atom is 0.339 e. The Hall–Kier alpha value is -1.54. The predicted molar refractivity (Wildman–Crippen MR) is 62.3 cm³/mol. The first-order valence-corrected chi connectivity index (χ1v) is 5.75. The van der Waals surface area contributed by atoms with Crippen molar-refractivity contribution in [2.75, 3.05) is 13.7 Å². The number of ether oxygens (including phenoxy) is 2. The number of nitrogens with zero attached hydrogens (tertiary/aromatic N) is 1. The molecule has 1 aromatic heterocycles. The molecule has 1 aliphatic heterocycles. The molecule has 19 heavy (non-hydrogen) atoms. The van der Waals surface area contributed by atoms with Crippen molar-refractivity contribution in [1.29, 1.82) is 0 Å². The minimum atomic E-state index is -1.27. The molecule has 1 fully saturated rings. The highest BCUT2D eigenvalue weighted by Gasteiger charge is 2.45. The van der Waals surface area contributed by atoms with Gasteiger partial charge in [0.2, 0.25) is 0 Å². The third-order valence-corrected chi connectivity index (χ3v) is 3.06. The van der Waals surface area contributed by atoms with E-state index in [1.54, 1.807) is 6.07 Å². The van der Waals surface area contributed by atoms with E-state index in [1.165, 1.54) is 19.4 Å². The smallest absolute Gasteiger partial charge is 0.339 e. The fourth-order valence-electron chi connectivity index (χ4n) is 2.05. The Kier molecular flexibility index (Phi) is 4.11. The van der Waals surface area contributed by atoms with Crippen molar-refractivity contribution >= 4 is 5.97 Å². The minimum Gasteiger partial charge on any atom is -0.465 e. The summed E-state index contributed by atoms with van der Waals surface area (Å²) in [4.78, 5) is 15.6. The molecule has 2 heterocycles. The molecule has 0 saturated carbocycles. The highest BCUT2D eigenvalue weighted by Crippen LogP contribution is 2.34. The van der Waals surface area contributed by atoms with Crippen molar-refractivity contribution < 1.29 is 29.6 Å². The van der Waals surface area contributed by atoms with Crippen LogP contribution >= 0.6 is 0 Å². The van der Waals surface area contributed by atoms with Crippen LogP contribution in [0.4, 0.5) is 0 Å². The number of rotatable bonds is 3. The molecule has 7 nitrogen and oxygen atoms in total. The maximum atomic E-state index is 11.6. The second kappa shape index (κ2) is 5.62. The molecular formula is C12H15NO6. The molecule has 0 unspecified atom stereocenters. The summed E-state index contributed by atoms with van der Waals surface area (Å²) in [7, 11) is 1.23. The Morgan fingerprint density at radius 1 is 1.47 bits per heavy atom. The van der Waals surface area contributed by atoms with E-state index in [2.05, 4.69) is 9.72 Å². The third-order valence-electron chi connectivity index (χ3n) is 3.06. The van der Waals surface area contributed by atoms with Crippen LogP contribution in [0.15, 0.2) is 18.3 Å². The summed E-state index contributed by atoms with van der Waals surface area (Å²) in [5.74, 6) is -0.610. The summed E-state index contributed by atoms with van der Waals surface area (Å²) in [6.45, 7) is -0.435. The summed E-state index contributed by atoms with van der Waals surface area (Å²) >= 11 is 0. The predicted octanol–water partition coefficient (Wildman–Crippen LogP) is -0.978. The largest absolute Gasteiger partial charge is 0.465 e. The molecule has 1 saturated heterocycles. The second-order valence-electron chi connectivity index (χ2n) is 4.19. The van der Waals surface area contributed by atoms with E-state index in [-0.39, 0.29) is 11.3 Å².